The summed E-state index contributed by atoms with van der Waals surface area (Å²) in [5.74, 6) is 6.27. The maximum absolute atomic E-state index is 13.8. The molecule has 5 nitrogen and oxygen atoms in total. The second kappa shape index (κ2) is 6.65. The molecule has 0 aliphatic carbocycles. The van der Waals surface area contributed by atoms with Gasteiger partial charge in [0.2, 0.25) is 5.95 Å². The number of hydrazine groups is 1. The van der Waals surface area contributed by atoms with E-state index in [1.165, 1.54) is 25.5 Å². The number of rotatable bonds is 4. The minimum Gasteiger partial charge on any atom is -0.354 e. The SMILES string of the molecule is CCCC1CCCN(c2nc(NN)ncc2F)CC1. The Bertz CT molecular complexity index is 412. The Hall–Kier alpha value is -1.43. The summed E-state index contributed by atoms with van der Waals surface area (Å²) in [4.78, 5) is 9.91. The first-order chi connectivity index (χ1) is 9.24. The topological polar surface area (TPSA) is 67.1 Å². The standard InChI is InChI=1S/C13H22FN5/c1-2-4-10-5-3-7-19(8-6-10)12-11(14)9-16-13(17-12)18-15/h9-10H,2-8,15H2,1H3,(H,16,17,18). The molecule has 0 spiro atoms. The number of aromatic nitrogens is 2. The summed E-state index contributed by atoms with van der Waals surface area (Å²) in [5, 5.41) is 0. The van der Waals surface area contributed by atoms with Gasteiger partial charge in [-0.15, -0.1) is 0 Å². The normalized spacial score (nSPS) is 20.2. The summed E-state index contributed by atoms with van der Waals surface area (Å²) < 4.78 is 13.8. The lowest BCUT2D eigenvalue weighted by Crippen LogP contribution is -2.27. The van der Waals surface area contributed by atoms with Crippen LogP contribution in [0.3, 0.4) is 0 Å². The highest BCUT2D eigenvalue weighted by Gasteiger charge is 2.20. The fourth-order valence-corrected chi connectivity index (χ4v) is 2.72. The predicted molar refractivity (Wildman–Crippen MR) is 74.3 cm³/mol. The van der Waals surface area contributed by atoms with Crippen molar-refractivity contribution in [3.05, 3.63) is 12.0 Å². The van der Waals surface area contributed by atoms with E-state index in [2.05, 4.69) is 22.3 Å². The van der Waals surface area contributed by atoms with Crippen molar-refractivity contribution in [2.24, 2.45) is 11.8 Å². The second-order valence-corrected chi connectivity index (χ2v) is 5.08. The van der Waals surface area contributed by atoms with Crippen molar-refractivity contribution < 1.29 is 4.39 Å². The average Bonchev–Trinajstić information content (AvgIpc) is 2.65. The largest absolute Gasteiger partial charge is 0.354 e. The van der Waals surface area contributed by atoms with E-state index in [4.69, 9.17) is 5.84 Å². The van der Waals surface area contributed by atoms with Gasteiger partial charge >= 0.3 is 0 Å². The molecule has 2 heterocycles. The van der Waals surface area contributed by atoms with Gasteiger partial charge in [-0.1, -0.05) is 19.8 Å². The van der Waals surface area contributed by atoms with Crippen LogP contribution >= 0.6 is 0 Å². The number of hydrogen-bond acceptors (Lipinski definition) is 5. The van der Waals surface area contributed by atoms with Crippen molar-refractivity contribution in [1.29, 1.82) is 0 Å². The zero-order valence-electron chi connectivity index (χ0n) is 11.4. The Morgan fingerprint density at radius 1 is 1.47 bits per heavy atom. The van der Waals surface area contributed by atoms with Gasteiger partial charge in [0.15, 0.2) is 11.6 Å². The summed E-state index contributed by atoms with van der Waals surface area (Å²) in [6.07, 6.45) is 7.05. The van der Waals surface area contributed by atoms with E-state index in [9.17, 15) is 4.39 Å². The molecule has 1 fully saturated rings. The van der Waals surface area contributed by atoms with E-state index >= 15 is 0 Å². The molecule has 19 heavy (non-hydrogen) atoms. The van der Waals surface area contributed by atoms with E-state index < -0.39 is 0 Å². The van der Waals surface area contributed by atoms with Gasteiger partial charge in [-0.3, -0.25) is 5.43 Å². The fraction of sp³-hybridized carbons (Fsp3) is 0.692. The predicted octanol–water partition coefficient (Wildman–Crippen LogP) is 2.31. The molecule has 1 aliphatic heterocycles. The first-order valence-corrected chi connectivity index (χ1v) is 6.98. The zero-order chi connectivity index (χ0) is 13.7. The number of nitrogen functional groups attached to an aromatic ring is 1. The highest BCUT2D eigenvalue weighted by atomic mass is 19.1. The smallest absolute Gasteiger partial charge is 0.239 e. The second-order valence-electron chi connectivity index (χ2n) is 5.08. The van der Waals surface area contributed by atoms with Crippen molar-refractivity contribution >= 4 is 11.8 Å². The lowest BCUT2D eigenvalue weighted by atomic mass is 9.96. The number of nitrogens with zero attached hydrogens (tertiary/aromatic N) is 3. The Kier molecular flexibility index (Phi) is 4.90. The quantitative estimate of drug-likeness (QED) is 0.647. The summed E-state index contributed by atoms with van der Waals surface area (Å²) in [6, 6.07) is 0. The molecule has 1 aromatic heterocycles. The number of hydrogen-bond donors (Lipinski definition) is 2. The minimum atomic E-state index is -0.382. The van der Waals surface area contributed by atoms with Crippen molar-refractivity contribution in [3.63, 3.8) is 0 Å². The van der Waals surface area contributed by atoms with Crippen molar-refractivity contribution in [2.45, 2.75) is 39.0 Å². The lowest BCUT2D eigenvalue weighted by Gasteiger charge is -2.22. The van der Waals surface area contributed by atoms with Crippen LogP contribution < -0.4 is 16.2 Å². The monoisotopic (exact) mass is 267 g/mol. The van der Waals surface area contributed by atoms with Crippen molar-refractivity contribution in [2.75, 3.05) is 23.4 Å². The molecule has 1 aliphatic rings. The van der Waals surface area contributed by atoms with E-state index in [1.807, 2.05) is 4.90 Å². The molecule has 1 atom stereocenters. The van der Waals surface area contributed by atoms with Gasteiger partial charge in [-0.05, 0) is 25.2 Å². The Labute approximate surface area is 113 Å². The van der Waals surface area contributed by atoms with E-state index in [-0.39, 0.29) is 11.8 Å². The highest BCUT2D eigenvalue weighted by molar-refractivity contribution is 5.43. The Morgan fingerprint density at radius 2 is 2.32 bits per heavy atom. The molecule has 0 amide bonds. The van der Waals surface area contributed by atoms with Crippen LogP contribution in [0.2, 0.25) is 0 Å². The Morgan fingerprint density at radius 3 is 3.05 bits per heavy atom. The minimum absolute atomic E-state index is 0.255. The number of anilines is 2. The summed E-state index contributed by atoms with van der Waals surface area (Å²) in [5.41, 5.74) is 2.36. The Balaban J connectivity index is 2.09. The molecule has 0 radical (unpaired) electrons. The van der Waals surface area contributed by atoms with Gasteiger partial charge in [-0.2, -0.15) is 4.98 Å². The van der Waals surface area contributed by atoms with Crippen LogP contribution in [0, 0.1) is 11.7 Å². The van der Waals surface area contributed by atoms with Gasteiger partial charge in [0.25, 0.3) is 0 Å². The molecule has 6 heteroatoms. The van der Waals surface area contributed by atoms with Crippen LogP contribution in [0.5, 0.6) is 0 Å². The third-order valence-electron chi connectivity index (χ3n) is 3.70. The molecular formula is C13H22FN5. The van der Waals surface area contributed by atoms with Gasteiger partial charge in [-0.25, -0.2) is 15.2 Å². The van der Waals surface area contributed by atoms with Crippen LogP contribution in [0.1, 0.15) is 39.0 Å². The molecule has 3 N–H and O–H groups in total. The molecule has 0 saturated carbocycles. The van der Waals surface area contributed by atoms with E-state index in [1.54, 1.807) is 0 Å². The summed E-state index contributed by atoms with van der Waals surface area (Å²) >= 11 is 0. The maximum atomic E-state index is 13.8. The van der Waals surface area contributed by atoms with Gasteiger partial charge in [0.1, 0.15) is 0 Å². The summed E-state index contributed by atoms with van der Waals surface area (Å²) in [7, 11) is 0. The third-order valence-corrected chi connectivity index (χ3v) is 3.70. The van der Waals surface area contributed by atoms with Crippen molar-refractivity contribution in [1.82, 2.24) is 9.97 Å². The molecule has 1 unspecified atom stereocenters. The average molecular weight is 267 g/mol. The lowest BCUT2D eigenvalue weighted by molar-refractivity contribution is 0.435. The molecule has 1 saturated heterocycles. The number of nitrogens with one attached hydrogen (secondary N) is 1. The molecule has 0 aromatic carbocycles. The van der Waals surface area contributed by atoms with Gasteiger partial charge in [0, 0.05) is 13.1 Å². The summed E-state index contributed by atoms with van der Waals surface area (Å²) in [6.45, 7) is 3.91. The van der Waals surface area contributed by atoms with E-state index in [0.717, 1.165) is 31.8 Å². The van der Waals surface area contributed by atoms with Crippen LogP contribution in [0.15, 0.2) is 6.20 Å². The van der Waals surface area contributed by atoms with E-state index in [0.29, 0.717) is 5.82 Å². The maximum Gasteiger partial charge on any atom is 0.239 e. The van der Waals surface area contributed by atoms with Crippen LogP contribution in [0.4, 0.5) is 16.2 Å². The van der Waals surface area contributed by atoms with Crippen LogP contribution in [-0.2, 0) is 0 Å². The van der Waals surface area contributed by atoms with Crippen LogP contribution in [0.25, 0.3) is 0 Å². The third kappa shape index (κ3) is 3.53. The molecule has 106 valence electrons. The first kappa shape index (κ1) is 14.0. The highest BCUT2D eigenvalue weighted by Crippen LogP contribution is 2.26. The molecule has 0 bridgehead atoms. The van der Waals surface area contributed by atoms with Crippen LogP contribution in [-0.4, -0.2) is 23.1 Å². The molecule has 2 rings (SSSR count). The number of halogens is 1. The fourth-order valence-electron chi connectivity index (χ4n) is 2.72. The van der Waals surface area contributed by atoms with Gasteiger partial charge in [0.05, 0.1) is 6.20 Å². The number of nitrogens with two attached hydrogens (primary N) is 1. The zero-order valence-corrected chi connectivity index (χ0v) is 11.4. The first-order valence-electron chi connectivity index (χ1n) is 6.98. The molecular weight excluding hydrogens is 245 g/mol. The van der Waals surface area contributed by atoms with Crippen molar-refractivity contribution in [3.8, 4) is 0 Å². The van der Waals surface area contributed by atoms with Gasteiger partial charge < -0.3 is 4.90 Å². The molecule has 1 aromatic rings.